The second-order valence-corrected chi connectivity index (χ2v) is 3.62. The molecule has 0 aromatic carbocycles. The Morgan fingerprint density at radius 3 is 2.44 bits per heavy atom. The number of fused-ring (bicyclic) bond motifs is 2. The van der Waals surface area contributed by atoms with Crippen molar-refractivity contribution in [2.75, 3.05) is 6.54 Å². The molecule has 0 amide bonds. The number of rotatable bonds is 0. The molecule has 2 bridgehead atoms. The van der Waals surface area contributed by atoms with Gasteiger partial charge in [-0.3, -0.25) is 0 Å². The van der Waals surface area contributed by atoms with Gasteiger partial charge in [-0.2, -0.15) is 0 Å². The summed E-state index contributed by atoms with van der Waals surface area (Å²) in [5.41, 5.74) is 5.88. The second-order valence-electron chi connectivity index (χ2n) is 3.10. The van der Waals surface area contributed by atoms with E-state index < -0.39 is 0 Å². The van der Waals surface area contributed by atoms with E-state index in [1.165, 1.54) is 12.8 Å². The van der Waals surface area contributed by atoms with Crippen LogP contribution >= 0.6 is 12.8 Å². The summed E-state index contributed by atoms with van der Waals surface area (Å²) >= 11 is 4.31. The normalized spacial score (nSPS) is 50.7. The van der Waals surface area contributed by atoms with Crippen LogP contribution in [0, 0.1) is 5.92 Å². The quantitative estimate of drug-likeness (QED) is 0.477. The molecule has 2 aliphatic rings. The van der Waals surface area contributed by atoms with Gasteiger partial charge >= 0.3 is 0 Å². The van der Waals surface area contributed by atoms with Gasteiger partial charge in [0.1, 0.15) is 0 Å². The van der Waals surface area contributed by atoms with Gasteiger partial charge in [0.2, 0.25) is 0 Å². The van der Waals surface area contributed by atoms with E-state index in [1.54, 1.807) is 0 Å². The molecule has 3 heteroatoms. The van der Waals surface area contributed by atoms with E-state index in [0.717, 1.165) is 12.5 Å². The summed E-state index contributed by atoms with van der Waals surface area (Å²) in [5.74, 6) is 0.743. The third-order valence-corrected chi connectivity index (χ3v) is 3.09. The maximum Gasteiger partial charge on any atom is 0.0355 e. The fraction of sp³-hybridized carbons (Fsp3) is 1.00. The van der Waals surface area contributed by atoms with Crippen LogP contribution in [0.15, 0.2) is 0 Å². The molecule has 1 aliphatic heterocycles. The van der Waals surface area contributed by atoms with Crippen LogP contribution in [-0.4, -0.2) is 22.9 Å². The molecule has 0 spiro atoms. The molecule has 2 nitrogen and oxygen atoms in total. The SMILES string of the molecule is NC1C2CCC1N(S)C2. The minimum atomic E-state index is 0.419. The highest BCUT2D eigenvalue weighted by Gasteiger charge is 2.43. The number of hydrogen-bond acceptors (Lipinski definition) is 3. The second kappa shape index (κ2) is 1.87. The van der Waals surface area contributed by atoms with E-state index in [2.05, 4.69) is 17.1 Å². The molecular weight excluding hydrogens is 132 g/mol. The Bertz CT molecular complexity index is 128. The number of hydrogen-bond donors (Lipinski definition) is 2. The molecule has 3 atom stereocenters. The maximum absolute atomic E-state index is 5.88. The van der Waals surface area contributed by atoms with Crippen molar-refractivity contribution in [1.82, 2.24) is 4.31 Å². The standard InChI is InChI=1S/C6H12N2S/c7-6-4-1-2-5(6)8(9)3-4/h4-6,9H,1-3,7H2. The van der Waals surface area contributed by atoms with E-state index in [1.807, 2.05) is 0 Å². The summed E-state index contributed by atoms with van der Waals surface area (Å²) in [6.07, 6.45) is 2.58. The number of piperidine rings is 1. The first kappa shape index (κ1) is 6.01. The number of nitrogens with zero attached hydrogens (tertiary/aromatic N) is 1. The summed E-state index contributed by atoms with van der Waals surface area (Å²) in [6.45, 7) is 1.11. The highest BCUT2D eigenvalue weighted by atomic mass is 32.1. The van der Waals surface area contributed by atoms with Crippen LogP contribution in [0.1, 0.15) is 12.8 Å². The Morgan fingerprint density at radius 2 is 2.22 bits per heavy atom. The Kier molecular flexibility index (Phi) is 1.25. The first-order valence-corrected chi connectivity index (χ1v) is 3.90. The zero-order valence-corrected chi connectivity index (χ0v) is 6.22. The zero-order chi connectivity index (χ0) is 6.43. The molecular formula is C6H12N2S. The minimum Gasteiger partial charge on any atom is -0.326 e. The van der Waals surface area contributed by atoms with Gasteiger partial charge in [0.15, 0.2) is 0 Å². The lowest BCUT2D eigenvalue weighted by atomic mass is 10.1. The molecule has 2 N–H and O–H groups in total. The minimum absolute atomic E-state index is 0.419. The summed E-state index contributed by atoms with van der Waals surface area (Å²) in [5, 5.41) is 0. The smallest absolute Gasteiger partial charge is 0.0355 e. The van der Waals surface area contributed by atoms with Gasteiger partial charge < -0.3 is 5.73 Å². The third kappa shape index (κ3) is 0.719. The van der Waals surface area contributed by atoms with Crippen molar-refractivity contribution in [2.45, 2.75) is 24.9 Å². The van der Waals surface area contributed by atoms with Gasteiger partial charge in [0.25, 0.3) is 0 Å². The lowest BCUT2D eigenvalue weighted by molar-refractivity contribution is 0.369. The molecule has 1 saturated heterocycles. The molecule has 1 saturated carbocycles. The van der Waals surface area contributed by atoms with Crippen molar-refractivity contribution in [2.24, 2.45) is 11.7 Å². The first-order chi connectivity index (χ1) is 4.29. The van der Waals surface area contributed by atoms with Gasteiger partial charge in [-0.25, -0.2) is 4.31 Å². The molecule has 52 valence electrons. The van der Waals surface area contributed by atoms with Crippen molar-refractivity contribution in [3.63, 3.8) is 0 Å². The summed E-state index contributed by atoms with van der Waals surface area (Å²) < 4.78 is 2.10. The van der Waals surface area contributed by atoms with E-state index in [-0.39, 0.29) is 0 Å². The Labute approximate surface area is 60.9 Å². The molecule has 1 heterocycles. The van der Waals surface area contributed by atoms with Gasteiger partial charge in [0.05, 0.1) is 0 Å². The molecule has 2 rings (SSSR count). The highest BCUT2D eigenvalue weighted by molar-refractivity contribution is 7.77. The van der Waals surface area contributed by atoms with Gasteiger partial charge in [-0.1, -0.05) is 12.8 Å². The molecule has 0 aromatic rings. The molecule has 0 aromatic heterocycles. The van der Waals surface area contributed by atoms with Crippen molar-refractivity contribution in [3.8, 4) is 0 Å². The predicted octanol–water partition coefficient (Wildman–Crippen LogP) is 0.253. The highest BCUT2D eigenvalue weighted by Crippen LogP contribution is 2.37. The van der Waals surface area contributed by atoms with Gasteiger partial charge in [0, 0.05) is 18.6 Å². The summed E-state index contributed by atoms with van der Waals surface area (Å²) in [6, 6.07) is 1.00. The van der Waals surface area contributed by atoms with Crippen LogP contribution in [0.5, 0.6) is 0 Å². The molecule has 1 aliphatic carbocycles. The molecule has 9 heavy (non-hydrogen) atoms. The van der Waals surface area contributed by atoms with E-state index in [4.69, 9.17) is 5.73 Å². The van der Waals surface area contributed by atoms with Crippen molar-refractivity contribution < 1.29 is 0 Å². The lowest BCUT2D eigenvalue weighted by Gasteiger charge is -2.19. The average molecular weight is 144 g/mol. The van der Waals surface area contributed by atoms with Crippen molar-refractivity contribution in [1.29, 1.82) is 0 Å². The molecule has 3 unspecified atom stereocenters. The molecule has 0 radical (unpaired) electrons. The molecule has 2 fully saturated rings. The van der Waals surface area contributed by atoms with Crippen LogP contribution in [-0.2, 0) is 0 Å². The largest absolute Gasteiger partial charge is 0.326 e. The van der Waals surface area contributed by atoms with Gasteiger partial charge in [-0.05, 0) is 18.8 Å². The lowest BCUT2D eigenvalue weighted by Crippen LogP contribution is -2.32. The average Bonchev–Trinajstić information content (AvgIpc) is 2.25. The Balaban J connectivity index is 2.16. The van der Waals surface area contributed by atoms with Crippen LogP contribution in [0.2, 0.25) is 0 Å². The summed E-state index contributed by atoms with van der Waals surface area (Å²) in [4.78, 5) is 0. The van der Waals surface area contributed by atoms with E-state index in [0.29, 0.717) is 12.1 Å². The Morgan fingerprint density at radius 1 is 1.44 bits per heavy atom. The topological polar surface area (TPSA) is 29.3 Å². The fourth-order valence-electron chi connectivity index (χ4n) is 2.02. The monoisotopic (exact) mass is 144 g/mol. The number of nitrogens with two attached hydrogens (primary N) is 1. The Hall–Kier alpha value is 0.270. The van der Waals surface area contributed by atoms with Crippen LogP contribution in [0.3, 0.4) is 0 Å². The van der Waals surface area contributed by atoms with Gasteiger partial charge in [-0.15, -0.1) is 0 Å². The van der Waals surface area contributed by atoms with Crippen molar-refractivity contribution >= 4 is 12.8 Å². The third-order valence-electron chi connectivity index (χ3n) is 2.63. The first-order valence-electron chi connectivity index (χ1n) is 3.50. The van der Waals surface area contributed by atoms with E-state index in [9.17, 15) is 0 Å². The number of thiol groups is 1. The van der Waals surface area contributed by atoms with E-state index >= 15 is 0 Å². The van der Waals surface area contributed by atoms with Crippen LogP contribution in [0.25, 0.3) is 0 Å². The summed E-state index contributed by atoms with van der Waals surface area (Å²) in [7, 11) is 0. The van der Waals surface area contributed by atoms with Crippen molar-refractivity contribution in [3.05, 3.63) is 0 Å². The van der Waals surface area contributed by atoms with Crippen LogP contribution in [0.4, 0.5) is 0 Å². The predicted molar refractivity (Wildman–Crippen MR) is 40.2 cm³/mol. The fourth-order valence-corrected chi connectivity index (χ4v) is 2.50. The zero-order valence-electron chi connectivity index (χ0n) is 5.33. The van der Waals surface area contributed by atoms with Crippen LogP contribution < -0.4 is 5.73 Å². The maximum atomic E-state index is 5.88.